The third kappa shape index (κ3) is 3.78. The van der Waals surface area contributed by atoms with Crippen LogP contribution in [0.1, 0.15) is 0 Å². The summed E-state index contributed by atoms with van der Waals surface area (Å²) in [7, 11) is 0. The molecule has 0 atom stereocenters. The van der Waals surface area contributed by atoms with Crippen LogP contribution in [0.5, 0.6) is 0 Å². The van der Waals surface area contributed by atoms with Crippen molar-refractivity contribution < 1.29 is 5.21 Å². The topological polar surface area (TPSA) is 32.6 Å². The van der Waals surface area contributed by atoms with Gasteiger partial charge in [-0.25, -0.2) is 0 Å². The second-order valence-corrected chi connectivity index (χ2v) is 2.20. The molecular formula is C9H10ClNO. The van der Waals surface area contributed by atoms with Gasteiger partial charge in [0.25, 0.3) is 0 Å². The van der Waals surface area contributed by atoms with Crippen molar-refractivity contribution in [3.8, 4) is 0 Å². The zero-order chi connectivity index (χ0) is 9.40. The summed E-state index contributed by atoms with van der Waals surface area (Å²) >= 11 is 5.54. The molecule has 0 radical (unpaired) electrons. The Hall–Kier alpha value is -1.28. The smallest absolute Gasteiger partial charge is 0.175 e. The summed E-state index contributed by atoms with van der Waals surface area (Å²) in [5.74, 6) is 0. The van der Waals surface area contributed by atoms with E-state index in [9.17, 15) is 0 Å². The maximum atomic E-state index is 8.35. The molecule has 0 aromatic carbocycles. The van der Waals surface area contributed by atoms with E-state index in [-0.39, 0.29) is 5.17 Å². The summed E-state index contributed by atoms with van der Waals surface area (Å²) in [5.41, 5.74) is 0.578. The van der Waals surface area contributed by atoms with Crippen LogP contribution in [0, 0.1) is 0 Å². The lowest BCUT2D eigenvalue weighted by Gasteiger charge is -1.93. The van der Waals surface area contributed by atoms with Crippen LogP contribution in [0.15, 0.2) is 54.3 Å². The highest BCUT2D eigenvalue weighted by Gasteiger charge is 1.97. The van der Waals surface area contributed by atoms with Gasteiger partial charge >= 0.3 is 0 Å². The van der Waals surface area contributed by atoms with Crippen LogP contribution in [0.25, 0.3) is 0 Å². The van der Waals surface area contributed by atoms with E-state index in [1.165, 1.54) is 0 Å². The van der Waals surface area contributed by atoms with E-state index in [1.54, 1.807) is 30.4 Å². The molecule has 2 nitrogen and oxygen atoms in total. The van der Waals surface area contributed by atoms with Crippen molar-refractivity contribution in [3.05, 3.63) is 49.1 Å². The van der Waals surface area contributed by atoms with Crippen LogP contribution < -0.4 is 0 Å². The standard InChI is InChI=1S/C9H10ClNO/c1-3-5-7-8(6-4-2)9(10)11-12/h3-7,12H,1-2H2/b7-5-,8-6+,11-9+. The summed E-state index contributed by atoms with van der Waals surface area (Å²) in [6, 6.07) is 0. The van der Waals surface area contributed by atoms with Gasteiger partial charge in [0.1, 0.15) is 0 Å². The summed E-state index contributed by atoms with van der Waals surface area (Å²) in [6.07, 6.45) is 8.12. The van der Waals surface area contributed by atoms with Gasteiger partial charge in [0.05, 0.1) is 0 Å². The number of hydrogen-bond donors (Lipinski definition) is 1. The first-order valence-corrected chi connectivity index (χ1v) is 3.63. The van der Waals surface area contributed by atoms with E-state index in [0.717, 1.165) is 0 Å². The monoisotopic (exact) mass is 183 g/mol. The van der Waals surface area contributed by atoms with Gasteiger partial charge in [0, 0.05) is 5.57 Å². The maximum Gasteiger partial charge on any atom is 0.175 e. The lowest BCUT2D eigenvalue weighted by molar-refractivity contribution is 0.321. The molecular weight excluding hydrogens is 174 g/mol. The van der Waals surface area contributed by atoms with E-state index < -0.39 is 0 Å². The van der Waals surface area contributed by atoms with Gasteiger partial charge < -0.3 is 5.21 Å². The molecule has 0 rings (SSSR count). The number of nitrogens with zero attached hydrogens (tertiary/aromatic N) is 1. The Morgan fingerprint density at radius 3 is 2.42 bits per heavy atom. The second kappa shape index (κ2) is 6.43. The summed E-state index contributed by atoms with van der Waals surface area (Å²) in [4.78, 5) is 0. The number of rotatable bonds is 4. The van der Waals surface area contributed by atoms with Crippen molar-refractivity contribution in [1.82, 2.24) is 0 Å². The molecule has 0 aliphatic heterocycles. The molecule has 0 saturated carbocycles. The fourth-order valence-electron chi connectivity index (χ4n) is 0.549. The zero-order valence-corrected chi connectivity index (χ0v) is 7.33. The lowest BCUT2D eigenvalue weighted by atomic mass is 10.2. The fourth-order valence-corrected chi connectivity index (χ4v) is 0.675. The molecule has 3 heteroatoms. The Morgan fingerprint density at radius 2 is 2.00 bits per heavy atom. The van der Waals surface area contributed by atoms with Crippen molar-refractivity contribution in [1.29, 1.82) is 0 Å². The second-order valence-electron chi connectivity index (χ2n) is 1.84. The molecule has 0 aromatic rings. The van der Waals surface area contributed by atoms with Crippen molar-refractivity contribution in [2.24, 2.45) is 5.16 Å². The van der Waals surface area contributed by atoms with Crippen molar-refractivity contribution in [3.63, 3.8) is 0 Å². The Labute approximate surface area is 76.8 Å². The van der Waals surface area contributed by atoms with Crippen molar-refractivity contribution in [2.45, 2.75) is 0 Å². The molecule has 0 unspecified atom stereocenters. The maximum absolute atomic E-state index is 8.35. The quantitative estimate of drug-likeness (QED) is 0.309. The predicted octanol–water partition coefficient (Wildman–Crippen LogP) is 2.87. The van der Waals surface area contributed by atoms with Gasteiger partial charge in [-0.2, -0.15) is 0 Å². The molecule has 0 aliphatic carbocycles. The first-order chi connectivity index (χ1) is 5.76. The van der Waals surface area contributed by atoms with E-state index in [1.807, 2.05) is 0 Å². The normalized spacial score (nSPS) is 13.4. The summed E-state index contributed by atoms with van der Waals surface area (Å²) < 4.78 is 0. The Kier molecular flexibility index (Phi) is 5.75. The molecule has 0 fully saturated rings. The van der Waals surface area contributed by atoms with E-state index >= 15 is 0 Å². The number of hydrogen-bond acceptors (Lipinski definition) is 2. The molecule has 0 heterocycles. The van der Waals surface area contributed by atoms with Gasteiger partial charge in [-0.05, 0) is 0 Å². The molecule has 12 heavy (non-hydrogen) atoms. The number of halogens is 1. The third-order valence-corrected chi connectivity index (χ3v) is 1.33. The summed E-state index contributed by atoms with van der Waals surface area (Å²) in [5, 5.41) is 11.2. The van der Waals surface area contributed by atoms with Crippen LogP contribution in [-0.2, 0) is 0 Å². The SMILES string of the molecule is C=C\C=C/C(=C\C=C)C(/Cl)=N\O. The Bertz CT molecular complexity index is 251. The predicted molar refractivity (Wildman–Crippen MR) is 52.7 cm³/mol. The highest BCUT2D eigenvalue weighted by atomic mass is 35.5. The first kappa shape index (κ1) is 10.7. The largest absolute Gasteiger partial charge is 0.410 e. The minimum atomic E-state index is 0.0213. The minimum Gasteiger partial charge on any atom is -0.410 e. The van der Waals surface area contributed by atoms with E-state index in [2.05, 4.69) is 18.3 Å². The Morgan fingerprint density at radius 1 is 1.33 bits per heavy atom. The highest BCUT2D eigenvalue weighted by molar-refractivity contribution is 6.69. The third-order valence-electron chi connectivity index (χ3n) is 1.04. The van der Waals surface area contributed by atoms with Crippen LogP contribution in [0.3, 0.4) is 0 Å². The Balaban J connectivity index is 4.67. The highest BCUT2D eigenvalue weighted by Crippen LogP contribution is 2.04. The van der Waals surface area contributed by atoms with Crippen LogP contribution in [0.2, 0.25) is 0 Å². The van der Waals surface area contributed by atoms with Gasteiger partial charge in [-0.3, -0.25) is 0 Å². The van der Waals surface area contributed by atoms with Crippen molar-refractivity contribution in [2.75, 3.05) is 0 Å². The average Bonchev–Trinajstić information content (AvgIpc) is 2.11. The van der Waals surface area contributed by atoms with Crippen molar-refractivity contribution >= 4 is 16.8 Å². The fraction of sp³-hybridized carbons (Fsp3) is 0. The van der Waals surface area contributed by atoms with Crippen LogP contribution in [-0.4, -0.2) is 10.4 Å². The van der Waals surface area contributed by atoms with E-state index in [4.69, 9.17) is 16.8 Å². The molecule has 0 aliphatic rings. The summed E-state index contributed by atoms with van der Waals surface area (Å²) in [6.45, 7) is 6.99. The molecule has 0 bridgehead atoms. The van der Waals surface area contributed by atoms with Gasteiger partial charge in [0.2, 0.25) is 0 Å². The average molecular weight is 184 g/mol. The molecule has 0 amide bonds. The number of oxime groups is 1. The molecule has 0 aromatic heterocycles. The molecule has 0 saturated heterocycles. The van der Waals surface area contributed by atoms with Gasteiger partial charge in [0.15, 0.2) is 5.17 Å². The minimum absolute atomic E-state index is 0.0213. The van der Waals surface area contributed by atoms with E-state index in [0.29, 0.717) is 5.57 Å². The molecule has 64 valence electrons. The van der Waals surface area contributed by atoms with Gasteiger partial charge in [-0.1, -0.05) is 60.3 Å². The molecule has 1 N–H and O–H groups in total. The van der Waals surface area contributed by atoms with Gasteiger partial charge in [-0.15, -0.1) is 0 Å². The number of allylic oxidation sites excluding steroid dienone is 6. The van der Waals surface area contributed by atoms with Crippen LogP contribution in [0.4, 0.5) is 0 Å². The zero-order valence-electron chi connectivity index (χ0n) is 6.57. The lowest BCUT2D eigenvalue weighted by Crippen LogP contribution is -1.89. The first-order valence-electron chi connectivity index (χ1n) is 3.26. The van der Waals surface area contributed by atoms with Crippen LogP contribution >= 0.6 is 11.6 Å². The molecule has 0 spiro atoms.